The zero-order valence-corrected chi connectivity index (χ0v) is 8.20. The molecule has 1 N–H and O–H groups in total. The monoisotopic (exact) mass is 187 g/mol. The molecule has 0 spiro atoms. The first-order chi connectivity index (χ1) is 6.79. The Kier molecular flexibility index (Phi) is 2.35. The number of aryl methyl sites for hydroxylation is 1. The van der Waals surface area contributed by atoms with E-state index in [0.29, 0.717) is 5.75 Å². The second kappa shape index (κ2) is 3.66. The number of nitrogens with zero attached hydrogens (tertiary/aromatic N) is 1. The van der Waals surface area contributed by atoms with Crippen LogP contribution in [-0.4, -0.2) is 10.1 Å². The van der Waals surface area contributed by atoms with Gasteiger partial charge in [-0.15, -0.1) is 0 Å². The van der Waals surface area contributed by atoms with Crippen LogP contribution in [0.3, 0.4) is 0 Å². The van der Waals surface area contributed by atoms with E-state index in [4.69, 9.17) is 0 Å². The van der Waals surface area contributed by atoms with Crippen molar-refractivity contribution in [3.63, 3.8) is 0 Å². The zero-order chi connectivity index (χ0) is 9.97. The first-order valence-electron chi connectivity index (χ1n) is 4.88. The smallest absolute Gasteiger partial charge is 0.116 e. The predicted molar refractivity (Wildman–Crippen MR) is 57.4 cm³/mol. The highest BCUT2D eigenvalue weighted by atomic mass is 16.3. The third-order valence-electron chi connectivity index (χ3n) is 2.24. The van der Waals surface area contributed by atoms with Gasteiger partial charge in [-0.25, -0.2) is 0 Å². The summed E-state index contributed by atoms with van der Waals surface area (Å²) in [5.41, 5.74) is 2.07. The number of benzene rings is 1. The van der Waals surface area contributed by atoms with Crippen LogP contribution in [0.5, 0.6) is 5.75 Å². The molecular formula is C12H13NO. The van der Waals surface area contributed by atoms with Gasteiger partial charge in [0.05, 0.1) is 5.52 Å². The average Bonchev–Trinajstić information content (AvgIpc) is 2.19. The average molecular weight is 187 g/mol. The minimum absolute atomic E-state index is 0.294. The van der Waals surface area contributed by atoms with Crippen molar-refractivity contribution < 1.29 is 5.11 Å². The van der Waals surface area contributed by atoms with Crippen LogP contribution in [-0.2, 0) is 6.42 Å². The minimum atomic E-state index is 0.294. The van der Waals surface area contributed by atoms with Crippen LogP contribution in [0.25, 0.3) is 10.9 Å². The van der Waals surface area contributed by atoms with Gasteiger partial charge in [-0.3, -0.25) is 4.98 Å². The Balaban J connectivity index is 2.50. The lowest BCUT2D eigenvalue weighted by molar-refractivity contribution is 0.476. The Hall–Kier alpha value is -1.57. The molecule has 2 nitrogen and oxygen atoms in total. The maximum atomic E-state index is 9.28. The van der Waals surface area contributed by atoms with E-state index in [9.17, 15) is 5.11 Å². The van der Waals surface area contributed by atoms with Gasteiger partial charge in [0, 0.05) is 11.1 Å². The van der Waals surface area contributed by atoms with E-state index in [1.54, 1.807) is 12.1 Å². The third kappa shape index (κ3) is 1.69. The summed E-state index contributed by atoms with van der Waals surface area (Å²) in [6.45, 7) is 2.14. The number of pyridine rings is 1. The Labute approximate surface area is 83.2 Å². The zero-order valence-electron chi connectivity index (χ0n) is 8.20. The second-order valence-electron chi connectivity index (χ2n) is 3.43. The van der Waals surface area contributed by atoms with Crippen molar-refractivity contribution in [2.24, 2.45) is 0 Å². The first kappa shape index (κ1) is 9.00. The highest BCUT2D eigenvalue weighted by Crippen LogP contribution is 2.18. The lowest BCUT2D eigenvalue weighted by Gasteiger charge is -2.01. The molecule has 1 aromatic carbocycles. The molecule has 0 radical (unpaired) electrons. The summed E-state index contributed by atoms with van der Waals surface area (Å²) in [7, 11) is 0. The quantitative estimate of drug-likeness (QED) is 0.784. The Morgan fingerprint density at radius 3 is 2.86 bits per heavy atom. The minimum Gasteiger partial charge on any atom is -0.508 e. The predicted octanol–water partition coefficient (Wildman–Crippen LogP) is 2.89. The number of phenols is 1. The van der Waals surface area contributed by atoms with Crippen LogP contribution < -0.4 is 0 Å². The number of aromatic nitrogens is 1. The summed E-state index contributed by atoms with van der Waals surface area (Å²) in [6.07, 6.45) is 2.12. The molecule has 0 fully saturated rings. The van der Waals surface area contributed by atoms with E-state index < -0.39 is 0 Å². The number of hydrogen-bond acceptors (Lipinski definition) is 2. The molecular weight excluding hydrogens is 174 g/mol. The molecule has 14 heavy (non-hydrogen) atoms. The summed E-state index contributed by atoms with van der Waals surface area (Å²) < 4.78 is 0. The van der Waals surface area contributed by atoms with Gasteiger partial charge in [-0.05, 0) is 30.7 Å². The topological polar surface area (TPSA) is 33.1 Å². The molecule has 0 bridgehead atoms. The van der Waals surface area contributed by atoms with E-state index in [2.05, 4.69) is 11.9 Å². The van der Waals surface area contributed by atoms with Crippen LogP contribution in [0.2, 0.25) is 0 Å². The number of hydrogen-bond donors (Lipinski definition) is 1. The summed E-state index contributed by atoms with van der Waals surface area (Å²) in [4.78, 5) is 4.49. The molecule has 0 aliphatic carbocycles. The van der Waals surface area contributed by atoms with Crippen LogP contribution in [0.15, 0.2) is 30.3 Å². The van der Waals surface area contributed by atoms with Crippen molar-refractivity contribution in [1.29, 1.82) is 0 Å². The van der Waals surface area contributed by atoms with Crippen molar-refractivity contribution >= 4 is 10.9 Å². The largest absolute Gasteiger partial charge is 0.508 e. The fourth-order valence-electron chi connectivity index (χ4n) is 1.55. The van der Waals surface area contributed by atoms with Crippen LogP contribution in [0.4, 0.5) is 0 Å². The van der Waals surface area contributed by atoms with Crippen molar-refractivity contribution in [1.82, 2.24) is 4.98 Å². The summed E-state index contributed by atoms with van der Waals surface area (Å²) in [6, 6.07) is 9.28. The van der Waals surface area contributed by atoms with Crippen molar-refractivity contribution in [3.8, 4) is 5.75 Å². The Morgan fingerprint density at radius 2 is 2.07 bits per heavy atom. The lowest BCUT2D eigenvalue weighted by atomic mass is 10.1. The van der Waals surface area contributed by atoms with Crippen LogP contribution in [0.1, 0.15) is 19.0 Å². The number of aromatic hydroxyl groups is 1. The van der Waals surface area contributed by atoms with E-state index in [-0.39, 0.29) is 0 Å². The van der Waals surface area contributed by atoms with E-state index >= 15 is 0 Å². The van der Waals surface area contributed by atoms with Gasteiger partial charge < -0.3 is 5.11 Å². The lowest BCUT2D eigenvalue weighted by Crippen LogP contribution is -1.88. The normalized spacial score (nSPS) is 10.6. The molecule has 0 amide bonds. The van der Waals surface area contributed by atoms with E-state index in [1.807, 2.05) is 18.2 Å². The molecule has 0 saturated carbocycles. The molecule has 0 atom stereocenters. The SMILES string of the molecule is CCCc1ccc2cc(O)ccc2n1. The first-order valence-corrected chi connectivity index (χ1v) is 4.88. The molecule has 2 rings (SSSR count). The Bertz CT molecular complexity index is 451. The fraction of sp³-hybridized carbons (Fsp3) is 0.250. The molecule has 0 aliphatic heterocycles. The summed E-state index contributed by atoms with van der Waals surface area (Å²) in [5.74, 6) is 0.294. The molecule has 72 valence electrons. The second-order valence-corrected chi connectivity index (χ2v) is 3.43. The maximum Gasteiger partial charge on any atom is 0.116 e. The van der Waals surface area contributed by atoms with Crippen LogP contribution >= 0.6 is 0 Å². The van der Waals surface area contributed by atoms with Gasteiger partial charge in [0.15, 0.2) is 0 Å². The Morgan fingerprint density at radius 1 is 1.21 bits per heavy atom. The fourth-order valence-corrected chi connectivity index (χ4v) is 1.55. The molecule has 0 saturated heterocycles. The maximum absolute atomic E-state index is 9.28. The molecule has 0 unspecified atom stereocenters. The van der Waals surface area contributed by atoms with Gasteiger partial charge >= 0.3 is 0 Å². The summed E-state index contributed by atoms with van der Waals surface area (Å²) in [5, 5.41) is 10.3. The highest BCUT2D eigenvalue weighted by Gasteiger charge is 1.98. The van der Waals surface area contributed by atoms with Gasteiger partial charge in [0.2, 0.25) is 0 Å². The number of fused-ring (bicyclic) bond motifs is 1. The number of phenolic OH excluding ortho intramolecular Hbond substituents is 1. The molecule has 2 heteroatoms. The van der Waals surface area contributed by atoms with Crippen molar-refractivity contribution in [2.75, 3.05) is 0 Å². The van der Waals surface area contributed by atoms with Crippen molar-refractivity contribution in [2.45, 2.75) is 19.8 Å². The molecule has 2 aromatic rings. The highest BCUT2D eigenvalue weighted by molar-refractivity contribution is 5.80. The van der Waals surface area contributed by atoms with Crippen molar-refractivity contribution in [3.05, 3.63) is 36.0 Å². The van der Waals surface area contributed by atoms with Gasteiger partial charge in [-0.1, -0.05) is 19.4 Å². The molecule has 0 aliphatic rings. The third-order valence-corrected chi connectivity index (χ3v) is 2.24. The van der Waals surface area contributed by atoms with E-state index in [1.165, 1.54) is 0 Å². The van der Waals surface area contributed by atoms with Gasteiger partial charge in [0.25, 0.3) is 0 Å². The standard InChI is InChI=1S/C12H13NO/c1-2-3-10-5-4-9-8-11(14)6-7-12(9)13-10/h4-8,14H,2-3H2,1H3. The summed E-state index contributed by atoms with van der Waals surface area (Å²) >= 11 is 0. The van der Waals surface area contributed by atoms with Gasteiger partial charge in [0.1, 0.15) is 5.75 Å². The molecule has 1 heterocycles. The number of rotatable bonds is 2. The van der Waals surface area contributed by atoms with Crippen LogP contribution in [0, 0.1) is 0 Å². The molecule has 1 aromatic heterocycles. The van der Waals surface area contributed by atoms with E-state index in [0.717, 1.165) is 29.4 Å². The van der Waals surface area contributed by atoms with Gasteiger partial charge in [-0.2, -0.15) is 0 Å².